The van der Waals surface area contributed by atoms with Crippen LogP contribution in [0.1, 0.15) is 117 Å². The monoisotopic (exact) mass is 1170 g/mol. The molecule has 3 amide bonds. The summed E-state index contributed by atoms with van der Waals surface area (Å²) in [5, 5.41) is 17.2. The molecule has 23 nitrogen and oxygen atoms in total. The minimum Gasteiger partial charge on any atom is -0.444 e. The van der Waals surface area contributed by atoms with Crippen molar-refractivity contribution in [1.29, 1.82) is 0 Å². The van der Waals surface area contributed by atoms with Gasteiger partial charge in [0.2, 0.25) is 17.5 Å². The number of rotatable bonds is 31. The summed E-state index contributed by atoms with van der Waals surface area (Å²) in [5.74, 6) is -1.94. The number of nitrogens with one attached hydrogen (secondary N) is 3. The van der Waals surface area contributed by atoms with Crippen LogP contribution in [0.3, 0.4) is 0 Å². The van der Waals surface area contributed by atoms with Gasteiger partial charge in [0.15, 0.2) is 5.71 Å². The highest BCUT2D eigenvalue weighted by Crippen LogP contribution is 2.51. The molecule has 0 aliphatic carbocycles. The van der Waals surface area contributed by atoms with Crippen molar-refractivity contribution in [3.8, 4) is 0 Å². The second-order valence-electron chi connectivity index (χ2n) is 20.8. The first kappa shape index (κ1) is 65.4. The lowest BCUT2D eigenvalue weighted by atomic mass is 9.77. The molecule has 2 atom stereocenters. The topological polar surface area (TPSA) is 350 Å². The van der Waals surface area contributed by atoms with E-state index in [1.54, 1.807) is 55.7 Å². The average Bonchev–Trinajstić information content (AvgIpc) is 3.70. The van der Waals surface area contributed by atoms with E-state index in [0.29, 0.717) is 72.4 Å². The Balaban J connectivity index is 1.60. The Morgan fingerprint density at radius 3 is 2.01 bits per heavy atom. The Morgan fingerprint density at radius 2 is 1.38 bits per heavy atom. The number of aliphatic hydroxyl groups excluding tert-OH is 1. The van der Waals surface area contributed by atoms with Crippen LogP contribution in [-0.4, -0.2) is 154 Å². The fourth-order valence-electron chi connectivity index (χ4n) is 9.41. The fourth-order valence-corrected chi connectivity index (χ4v) is 11.4. The molecular weight excluding hydrogens is 1100 g/mol. The van der Waals surface area contributed by atoms with Crippen molar-refractivity contribution in [3.63, 3.8) is 0 Å². The number of fused-ring (bicyclic) bond motifs is 2. The van der Waals surface area contributed by atoms with Gasteiger partial charge in [0.25, 0.3) is 40.5 Å². The van der Waals surface area contributed by atoms with E-state index in [4.69, 9.17) is 14.6 Å². The first-order chi connectivity index (χ1) is 36.2. The van der Waals surface area contributed by atoms with E-state index in [9.17, 15) is 66.3 Å². The van der Waals surface area contributed by atoms with Gasteiger partial charge in [0.05, 0.1) is 46.5 Å². The van der Waals surface area contributed by atoms with Crippen molar-refractivity contribution in [1.82, 2.24) is 16.0 Å². The highest BCUT2D eigenvalue weighted by atomic mass is 32.2. The van der Waals surface area contributed by atoms with E-state index in [-0.39, 0.29) is 87.4 Å². The molecule has 2 unspecified atom stereocenters. The van der Waals surface area contributed by atoms with Gasteiger partial charge in [0.1, 0.15) is 18.2 Å². The van der Waals surface area contributed by atoms with Crippen LogP contribution in [0.25, 0.3) is 0 Å². The second kappa shape index (κ2) is 27.9. The smallest absolute Gasteiger partial charge is 0.407 e. The van der Waals surface area contributed by atoms with Gasteiger partial charge < -0.3 is 35.4 Å². The summed E-state index contributed by atoms with van der Waals surface area (Å²) < 4.78 is 148. The highest BCUT2D eigenvalue weighted by Gasteiger charge is 2.46. The van der Waals surface area contributed by atoms with Crippen molar-refractivity contribution >= 4 is 75.5 Å². The molecule has 27 heteroatoms. The molecule has 0 bridgehead atoms. The van der Waals surface area contributed by atoms with Gasteiger partial charge in [-0.1, -0.05) is 31.1 Å². The van der Waals surface area contributed by atoms with Crippen LogP contribution in [0, 0.1) is 0 Å². The third-order valence-corrected chi connectivity index (χ3v) is 16.4. The van der Waals surface area contributed by atoms with Crippen molar-refractivity contribution in [2.75, 3.05) is 62.4 Å². The van der Waals surface area contributed by atoms with Crippen LogP contribution < -0.4 is 20.9 Å². The minimum atomic E-state index is -4.69. The lowest BCUT2D eigenvalue weighted by Gasteiger charge is -2.30. The predicted molar refractivity (Wildman–Crippen MR) is 292 cm³/mol. The average molecular weight is 1180 g/mol. The van der Waals surface area contributed by atoms with Crippen LogP contribution in [0.15, 0.2) is 82.3 Å². The van der Waals surface area contributed by atoms with E-state index in [0.717, 1.165) is 0 Å². The number of ether oxygens (including phenoxy) is 2. The number of hydrogen-bond donors (Lipinski definition) is 8. The van der Waals surface area contributed by atoms with Gasteiger partial charge in [-0.2, -0.15) is 38.2 Å². The largest absolute Gasteiger partial charge is 0.444 e. The number of carbonyl (C=O) groups is 3. The fraction of sp³-hybridized carbons (Fsp3) is 0.569. The lowest BCUT2D eigenvalue weighted by Crippen LogP contribution is -2.47. The summed E-state index contributed by atoms with van der Waals surface area (Å²) in [4.78, 5) is 39.8. The Kier molecular flexibility index (Phi) is 23.4. The van der Waals surface area contributed by atoms with Gasteiger partial charge in [-0.05, 0) is 122 Å². The molecule has 0 fully saturated rings. The summed E-state index contributed by atoms with van der Waals surface area (Å²) in [6.45, 7) is 11.4. The first-order valence-electron chi connectivity index (χ1n) is 25.5. The molecule has 0 saturated heterocycles. The van der Waals surface area contributed by atoms with Gasteiger partial charge in [-0.15, -0.1) is 0 Å². The molecule has 0 spiro atoms. The van der Waals surface area contributed by atoms with Gasteiger partial charge in [-0.25, -0.2) is 4.79 Å². The zero-order chi connectivity index (χ0) is 58.3. The molecule has 2 aliphatic heterocycles. The second-order valence-corrected chi connectivity index (χ2v) is 26.7. The molecule has 78 heavy (non-hydrogen) atoms. The van der Waals surface area contributed by atoms with Gasteiger partial charge >= 0.3 is 6.09 Å². The molecule has 0 aromatic heterocycles. The molecule has 8 N–H and O–H groups in total. The number of amides is 3. The zero-order valence-electron chi connectivity index (χ0n) is 44.9. The molecule has 2 aromatic carbocycles. The maximum Gasteiger partial charge on any atom is 0.407 e. The molecule has 0 radical (unpaired) electrons. The highest BCUT2D eigenvalue weighted by molar-refractivity contribution is 7.86. The standard InChI is InChI=1S/C51H75N5O18S4/c1-49(2,3)74-48(60)53-26-14-12-17-41(47(59)52-27-31-73-32-30-57)54-46(58)20-11-8-13-25-51(6)40-36-38(78(70,71)72)22-24-43(40)56(29-16-34-76(64,65)66)45(51)19-10-7-9-18-44-50(4,5)39-35-37(77(67,68)69)21-23-42(39)55(44)28-15-33-75(61,62)63/h7,9-10,18-19,21-24,35-36,41,57H,8,11-17,20,25-34H2,1-6H3,(H6-,52,53,54,58,59,60,61,62,63,64,65,66,67,68,69,70,71,72)/p+1. The van der Waals surface area contributed by atoms with Gasteiger partial charge in [-0.3, -0.25) is 27.8 Å². The number of allylic oxidation sites excluding steroid dienone is 6. The van der Waals surface area contributed by atoms with Crippen molar-refractivity contribution in [3.05, 3.63) is 83.6 Å². The third kappa shape index (κ3) is 19.9. The number of carbonyl (C=O) groups excluding carboxylic acids is 3. The summed E-state index contributed by atoms with van der Waals surface area (Å²) in [7, 11) is -18.0. The summed E-state index contributed by atoms with van der Waals surface area (Å²) in [6, 6.07) is 7.27. The summed E-state index contributed by atoms with van der Waals surface area (Å²) >= 11 is 0. The lowest BCUT2D eigenvalue weighted by molar-refractivity contribution is -0.437. The maximum absolute atomic E-state index is 13.4. The SMILES string of the molecule is CC(C)(C)OC(=O)NCCCCC(NC(=O)CCCCCC1(C)\C(=C/C=C/C=C/C2=[N+](CCCS(=O)(=O)O)c3ccc(S(=O)(=O)O)cc3C2(C)C)N(CCCS(=O)(=O)O)c2ccc(S(=O)(=O)O)cc21)C(=O)NCCOCCO. The molecule has 4 rings (SSSR count). The summed E-state index contributed by atoms with van der Waals surface area (Å²) in [6.07, 6.45) is 10.9. The van der Waals surface area contributed by atoms with Crippen molar-refractivity contribution < 1.29 is 85.4 Å². The maximum atomic E-state index is 13.4. The zero-order valence-corrected chi connectivity index (χ0v) is 48.2. The minimum absolute atomic E-state index is 0.00934. The predicted octanol–water partition coefficient (Wildman–Crippen LogP) is 5.14. The first-order valence-corrected chi connectivity index (χ1v) is 31.6. The Hall–Kier alpha value is -5.10. The van der Waals surface area contributed by atoms with E-state index < -0.39 is 86.5 Å². The van der Waals surface area contributed by atoms with E-state index >= 15 is 0 Å². The molecule has 2 heterocycles. The quantitative estimate of drug-likeness (QED) is 0.0210. The number of alkyl carbamates (subject to hydrolysis) is 1. The number of unbranched alkanes of at least 4 members (excludes halogenated alkanes) is 3. The molecule has 436 valence electrons. The van der Waals surface area contributed by atoms with Crippen molar-refractivity contribution in [2.24, 2.45) is 0 Å². The Morgan fingerprint density at radius 1 is 0.744 bits per heavy atom. The van der Waals surface area contributed by atoms with E-state index in [2.05, 4.69) is 16.0 Å². The van der Waals surface area contributed by atoms with E-state index in [1.807, 2.05) is 25.7 Å². The Bertz CT molecular complexity index is 3060. The molecule has 0 saturated carbocycles. The van der Waals surface area contributed by atoms with Crippen LogP contribution in [0.5, 0.6) is 0 Å². The van der Waals surface area contributed by atoms with Crippen LogP contribution >= 0.6 is 0 Å². The Labute approximate surface area is 458 Å². The van der Waals surface area contributed by atoms with Crippen LogP contribution in [0.2, 0.25) is 0 Å². The summed E-state index contributed by atoms with van der Waals surface area (Å²) in [5.41, 5.74) is 0.782. The molecular formula is C51H76N5O18S4+. The number of benzene rings is 2. The molecule has 2 aromatic rings. The molecule has 2 aliphatic rings. The van der Waals surface area contributed by atoms with E-state index in [1.165, 1.54) is 36.4 Å². The number of anilines is 1. The van der Waals surface area contributed by atoms with Crippen LogP contribution in [0.4, 0.5) is 16.2 Å². The number of hydrogen-bond acceptors (Lipinski definition) is 15. The number of aliphatic hydroxyl groups is 1. The van der Waals surface area contributed by atoms with Crippen molar-refractivity contribution in [2.45, 2.75) is 138 Å². The third-order valence-electron chi connectivity index (χ3n) is 13.1. The van der Waals surface area contributed by atoms with Gasteiger partial charge in [0, 0.05) is 67.0 Å². The van der Waals surface area contributed by atoms with Crippen LogP contribution in [-0.2, 0) is 70.4 Å². The number of nitrogens with zero attached hydrogens (tertiary/aromatic N) is 2. The normalized spacial score (nSPS) is 17.7.